The minimum Gasteiger partial charge on any atom is -0.310 e. The number of hydrogen-bond acceptors (Lipinski definition) is 2. The first-order valence-electron chi connectivity index (χ1n) is 28.1. The minimum atomic E-state index is 1.07. The highest BCUT2D eigenvalue weighted by Crippen LogP contribution is 2.44. The lowest BCUT2D eigenvalue weighted by Gasteiger charge is -2.26. The number of fused-ring (bicyclic) bond motifs is 6. The monoisotopic (exact) mass is 1050 g/mol. The highest BCUT2D eigenvalue weighted by Gasteiger charge is 2.21. The van der Waals surface area contributed by atoms with E-state index in [4.69, 9.17) is 0 Å². The average Bonchev–Trinajstić information content (AvgIpc) is 4.15. The molecule has 0 fully saturated rings. The van der Waals surface area contributed by atoms with E-state index in [1.165, 1.54) is 65.9 Å². The Morgan fingerprint density at radius 2 is 0.463 bits per heavy atom. The van der Waals surface area contributed by atoms with Gasteiger partial charge in [-0.2, -0.15) is 0 Å². The zero-order valence-corrected chi connectivity index (χ0v) is 45.0. The number of nitrogens with zero attached hydrogens (tertiary/aromatic N) is 4. The molecule has 0 aliphatic heterocycles. The van der Waals surface area contributed by atoms with Gasteiger partial charge in [0.05, 0.1) is 22.1 Å². The van der Waals surface area contributed by atoms with Crippen LogP contribution in [0.5, 0.6) is 0 Å². The largest absolute Gasteiger partial charge is 0.310 e. The van der Waals surface area contributed by atoms with Gasteiger partial charge in [-0.1, -0.05) is 200 Å². The second kappa shape index (κ2) is 20.7. The van der Waals surface area contributed by atoms with Crippen molar-refractivity contribution in [3.8, 4) is 55.9 Å². The smallest absolute Gasteiger partial charge is 0.0542 e. The summed E-state index contributed by atoms with van der Waals surface area (Å²) in [7, 11) is 0. The van der Waals surface area contributed by atoms with Crippen LogP contribution in [0.4, 0.5) is 34.1 Å². The van der Waals surface area contributed by atoms with Crippen LogP contribution < -0.4 is 9.80 Å². The van der Waals surface area contributed by atoms with E-state index in [1.807, 2.05) is 0 Å². The van der Waals surface area contributed by atoms with E-state index < -0.39 is 0 Å². The summed E-state index contributed by atoms with van der Waals surface area (Å²) in [5.41, 5.74) is 22.8. The SMILES string of the molecule is c1ccc(-c2ccc(N(c3ccc(-c4cccc(-c5cccc(N(c6ccc(-c7ccccc7)cc6)c6ccc7c(c6)c6ccccc6n7-c6ccccc6)c5)c4)cc3)c3ccc4c(c3)c3ccccc3n4-c3ccccc3)cc2)cc1. The Labute approximate surface area is 477 Å². The number of aromatic nitrogens is 2. The van der Waals surface area contributed by atoms with Crippen LogP contribution in [-0.4, -0.2) is 9.13 Å². The Balaban J connectivity index is 0.798. The van der Waals surface area contributed by atoms with Gasteiger partial charge in [0.2, 0.25) is 0 Å². The molecule has 15 aromatic rings. The van der Waals surface area contributed by atoms with Crippen molar-refractivity contribution >= 4 is 77.7 Å². The van der Waals surface area contributed by atoms with Crippen molar-refractivity contribution in [1.29, 1.82) is 0 Å². The minimum absolute atomic E-state index is 1.07. The third-order valence-corrected chi connectivity index (χ3v) is 16.1. The lowest BCUT2D eigenvalue weighted by atomic mass is 9.98. The molecule has 2 aromatic heterocycles. The second-order valence-electron chi connectivity index (χ2n) is 21.0. The molecule has 0 atom stereocenters. The van der Waals surface area contributed by atoms with Gasteiger partial charge in [-0.3, -0.25) is 0 Å². The highest BCUT2D eigenvalue weighted by molar-refractivity contribution is 6.12. The fourth-order valence-corrected chi connectivity index (χ4v) is 12.2. The summed E-state index contributed by atoms with van der Waals surface area (Å²) >= 11 is 0. The van der Waals surface area contributed by atoms with Crippen molar-refractivity contribution in [2.24, 2.45) is 0 Å². The van der Waals surface area contributed by atoms with Gasteiger partial charge in [-0.05, 0) is 172 Å². The molecular weight excluding hydrogens is 993 g/mol. The van der Waals surface area contributed by atoms with Crippen LogP contribution in [0, 0.1) is 0 Å². The van der Waals surface area contributed by atoms with Gasteiger partial charge in [0, 0.05) is 67.0 Å². The van der Waals surface area contributed by atoms with E-state index in [9.17, 15) is 0 Å². The third kappa shape index (κ3) is 8.76. The van der Waals surface area contributed by atoms with E-state index in [-0.39, 0.29) is 0 Å². The molecule has 13 aromatic carbocycles. The molecule has 0 unspecified atom stereocenters. The summed E-state index contributed by atoms with van der Waals surface area (Å²) in [6, 6.07) is 119. The summed E-state index contributed by atoms with van der Waals surface area (Å²) in [4.78, 5) is 4.78. The molecule has 4 nitrogen and oxygen atoms in total. The molecule has 4 heteroatoms. The van der Waals surface area contributed by atoms with Crippen molar-refractivity contribution in [3.63, 3.8) is 0 Å². The third-order valence-electron chi connectivity index (χ3n) is 16.1. The zero-order chi connectivity index (χ0) is 54.3. The predicted octanol–water partition coefficient (Wildman–Crippen LogP) is 21.5. The molecule has 0 spiro atoms. The number of hydrogen-bond donors (Lipinski definition) is 0. The quantitative estimate of drug-likeness (QED) is 0.121. The van der Waals surface area contributed by atoms with Crippen LogP contribution in [0.25, 0.3) is 99.5 Å². The van der Waals surface area contributed by atoms with Crippen molar-refractivity contribution in [3.05, 3.63) is 328 Å². The fraction of sp³-hybridized carbons (Fsp3) is 0. The molecule has 15 rings (SSSR count). The first kappa shape index (κ1) is 48.2. The molecule has 386 valence electrons. The maximum Gasteiger partial charge on any atom is 0.0542 e. The number of para-hydroxylation sites is 4. The first-order chi connectivity index (χ1) is 40.7. The van der Waals surface area contributed by atoms with Crippen molar-refractivity contribution < 1.29 is 0 Å². The Morgan fingerprint density at radius 1 is 0.171 bits per heavy atom. The topological polar surface area (TPSA) is 16.3 Å². The lowest BCUT2D eigenvalue weighted by Crippen LogP contribution is -2.10. The van der Waals surface area contributed by atoms with E-state index in [0.717, 1.165) is 67.8 Å². The van der Waals surface area contributed by atoms with Gasteiger partial charge in [-0.15, -0.1) is 0 Å². The summed E-state index contributed by atoms with van der Waals surface area (Å²) in [5.74, 6) is 0. The van der Waals surface area contributed by atoms with E-state index in [0.29, 0.717) is 0 Å². The van der Waals surface area contributed by atoms with E-state index >= 15 is 0 Å². The molecule has 0 saturated heterocycles. The molecule has 0 saturated carbocycles. The molecule has 82 heavy (non-hydrogen) atoms. The van der Waals surface area contributed by atoms with Crippen molar-refractivity contribution in [2.75, 3.05) is 9.80 Å². The molecular formula is C78H54N4. The average molecular weight is 1050 g/mol. The number of rotatable bonds is 12. The Hall–Kier alpha value is -10.9. The molecule has 0 radical (unpaired) electrons. The normalized spacial score (nSPS) is 11.4. The summed E-state index contributed by atoms with van der Waals surface area (Å²) in [6.45, 7) is 0. The standard InChI is InChI=1S/C78H54N4/c1-5-19-55(20-6-1)57-35-41-65(42-36-57)79(69-47-49-77-73(53-69)71-31-13-15-33-75(71)81(77)63-26-9-3-10-27-63)66-45-39-59(40-46-66)60-23-17-24-61(51-60)62-25-18-30-68(52-62)80(67-43-37-58(38-44-67)56-21-7-2-8-22-56)70-48-50-78-74(54-70)72-32-14-16-34-76(72)82(78)64-28-11-4-12-29-64/h1-54H. The molecule has 0 bridgehead atoms. The van der Waals surface area contributed by atoms with Crippen LogP contribution in [0.1, 0.15) is 0 Å². The van der Waals surface area contributed by atoms with Crippen LogP contribution in [0.3, 0.4) is 0 Å². The van der Waals surface area contributed by atoms with Crippen molar-refractivity contribution in [1.82, 2.24) is 9.13 Å². The first-order valence-corrected chi connectivity index (χ1v) is 28.1. The van der Waals surface area contributed by atoms with Gasteiger partial charge < -0.3 is 18.9 Å². The fourth-order valence-electron chi connectivity index (χ4n) is 12.2. The van der Waals surface area contributed by atoms with Gasteiger partial charge in [-0.25, -0.2) is 0 Å². The van der Waals surface area contributed by atoms with Gasteiger partial charge in [0.25, 0.3) is 0 Å². The van der Waals surface area contributed by atoms with Gasteiger partial charge in [0.15, 0.2) is 0 Å². The van der Waals surface area contributed by atoms with Crippen LogP contribution in [0.15, 0.2) is 328 Å². The molecule has 2 heterocycles. The lowest BCUT2D eigenvalue weighted by molar-refractivity contribution is 1.18. The predicted molar refractivity (Wildman–Crippen MR) is 346 cm³/mol. The second-order valence-corrected chi connectivity index (χ2v) is 21.0. The summed E-state index contributed by atoms with van der Waals surface area (Å²) in [6.07, 6.45) is 0. The summed E-state index contributed by atoms with van der Waals surface area (Å²) < 4.78 is 4.75. The molecule has 0 amide bonds. The van der Waals surface area contributed by atoms with Gasteiger partial charge in [0.1, 0.15) is 0 Å². The summed E-state index contributed by atoms with van der Waals surface area (Å²) in [5, 5.41) is 4.85. The Kier molecular flexibility index (Phi) is 12.2. The Morgan fingerprint density at radius 3 is 0.915 bits per heavy atom. The molecule has 0 aliphatic carbocycles. The highest BCUT2D eigenvalue weighted by atomic mass is 15.1. The van der Waals surface area contributed by atoms with Crippen LogP contribution >= 0.6 is 0 Å². The van der Waals surface area contributed by atoms with Gasteiger partial charge >= 0.3 is 0 Å². The molecule has 0 aliphatic rings. The zero-order valence-electron chi connectivity index (χ0n) is 45.0. The maximum atomic E-state index is 2.40. The van der Waals surface area contributed by atoms with E-state index in [2.05, 4.69) is 347 Å². The molecule has 0 N–H and O–H groups in total. The van der Waals surface area contributed by atoms with Crippen molar-refractivity contribution in [2.45, 2.75) is 0 Å². The maximum absolute atomic E-state index is 2.40. The number of anilines is 6. The number of benzene rings is 13. The van der Waals surface area contributed by atoms with E-state index in [1.54, 1.807) is 0 Å². The van der Waals surface area contributed by atoms with Crippen LogP contribution in [0.2, 0.25) is 0 Å². The Bertz CT molecular complexity index is 4760. The van der Waals surface area contributed by atoms with Crippen LogP contribution in [-0.2, 0) is 0 Å².